The summed E-state index contributed by atoms with van der Waals surface area (Å²) >= 11 is 10.4. The Morgan fingerprint density at radius 1 is 1.21 bits per heavy atom. The molecule has 14 heavy (non-hydrogen) atoms. The van der Waals surface area contributed by atoms with Crippen molar-refractivity contribution in [3.8, 4) is 6.07 Å². The summed E-state index contributed by atoms with van der Waals surface area (Å²) < 4.78 is 0. The second-order valence-corrected chi connectivity index (χ2v) is 3.11. The zero-order valence-corrected chi connectivity index (χ0v) is 8.26. The molecule has 0 saturated carbocycles. The average molecular weight is 228 g/mol. The maximum atomic E-state index is 10.8. The molecule has 0 aliphatic rings. The van der Waals surface area contributed by atoms with E-state index in [-0.39, 0.29) is 16.7 Å². The second kappa shape index (κ2) is 4.23. The van der Waals surface area contributed by atoms with Crippen LogP contribution in [-0.4, -0.2) is 10.5 Å². The van der Waals surface area contributed by atoms with Crippen molar-refractivity contribution in [3.63, 3.8) is 0 Å². The van der Waals surface area contributed by atoms with E-state index in [1.54, 1.807) is 6.07 Å². The van der Waals surface area contributed by atoms with Crippen LogP contribution in [0.4, 0.5) is 0 Å². The predicted molar refractivity (Wildman–Crippen MR) is 51.5 cm³/mol. The van der Waals surface area contributed by atoms with Crippen LogP contribution >= 0.6 is 23.2 Å². The van der Waals surface area contributed by atoms with Crippen LogP contribution in [0, 0.1) is 11.3 Å². The lowest BCUT2D eigenvalue weighted by Gasteiger charge is -1.99. The van der Waals surface area contributed by atoms with Crippen LogP contribution in [0.1, 0.15) is 26.3 Å². The Morgan fingerprint density at radius 3 is 2.29 bits per heavy atom. The summed E-state index contributed by atoms with van der Waals surface area (Å²) in [4.78, 5) is 21.5. The van der Waals surface area contributed by atoms with E-state index in [4.69, 9.17) is 28.5 Å². The van der Waals surface area contributed by atoms with E-state index in [9.17, 15) is 9.59 Å². The lowest BCUT2D eigenvalue weighted by atomic mass is 10.1. The van der Waals surface area contributed by atoms with Gasteiger partial charge in [-0.2, -0.15) is 5.26 Å². The van der Waals surface area contributed by atoms with Crippen molar-refractivity contribution in [2.75, 3.05) is 0 Å². The quantitative estimate of drug-likeness (QED) is 0.729. The van der Waals surface area contributed by atoms with E-state index in [1.807, 2.05) is 0 Å². The lowest BCUT2D eigenvalue weighted by molar-refractivity contribution is 0.107. The highest BCUT2D eigenvalue weighted by Gasteiger charge is 2.11. The number of halogens is 2. The summed E-state index contributed by atoms with van der Waals surface area (Å²) in [7, 11) is 0. The van der Waals surface area contributed by atoms with E-state index in [0.29, 0.717) is 0 Å². The normalized spacial score (nSPS) is 9.21. The van der Waals surface area contributed by atoms with Crippen molar-refractivity contribution in [3.05, 3.63) is 34.9 Å². The van der Waals surface area contributed by atoms with Crippen molar-refractivity contribution in [1.82, 2.24) is 0 Å². The van der Waals surface area contributed by atoms with E-state index >= 15 is 0 Å². The van der Waals surface area contributed by atoms with Crippen LogP contribution < -0.4 is 0 Å². The first-order valence-corrected chi connectivity index (χ1v) is 4.25. The molecule has 0 bridgehead atoms. The molecule has 0 saturated heterocycles. The fourth-order valence-corrected chi connectivity index (χ4v) is 1.21. The number of hydrogen-bond acceptors (Lipinski definition) is 3. The molecule has 0 heterocycles. The van der Waals surface area contributed by atoms with Crippen LogP contribution in [0.25, 0.3) is 0 Å². The fourth-order valence-electron chi connectivity index (χ4n) is 0.930. The molecular weight excluding hydrogens is 225 g/mol. The van der Waals surface area contributed by atoms with E-state index in [2.05, 4.69) is 0 Å². The van der Waals surface area contributed by atoms with Gasteiger partial charge in [-0.25, -0.2) is 0 Å². The number of nitrogens with zero attached hydrogens (tertiary/aromatic N) is 1. The third kappa shape index (κ3) is 2.11. The third-order valence-corrected chi connectivity index (χ3v) is 2.00. The molecule has 5 heteroatoms. The standard InChI is InChI=1S/C9H3Cl2NO2/c10-8(13)5-1-2-7(9(11)14)6(3-5)4-12/h1-3H. The van der Waals surface area contributed by atoms with Gasteiger partial charge >= 0.3 is 0 Å². The van der Waals surface area contributed by atoms with Gasteiger partial charge < -0.3 is 0 Å². The summed E-state index contributed by atoms with van der Waals surface area (Å²) in [6.07, 6.45) is 0. The molecule has 0 fully saturated rings. The molecule has 0 amide bonds. The molecule has 70 valence electrons. The number of hydrogen-bond donors (Lipinski definition) is 0. The van der Waals surface area contributed by atoms with Crippen molar-refractivity contribution in [1.29, 1.82) is 5.26 Å². The van der Waals surface area contributed by atoms with Crippen LogP contribution in [0.15, 0.2) is 18.2 Å². The maximum Gasteiger partial charge on any atom is 0.253 e. The Balaban J connectivity index is 3.34. The number of carbonyl (C=O) groups is 2. The third-order valence-electron chi connectivity index (χ3n) is 1.58. The fraction of sp³-hybridized carbons (Fsp3) is 0. The Hall–Kier alpha value is -1.37. The summed E-state index contributed by atoms with van der Waals surface area (Å²) in [5.74, 6) is 0. The first-order valence-electron chi connectivity index (χ1n) is 3.50. The average Bonchev–Trinajstić information content (AvgIpc) is 2.16. The van der Waals surface area contributed by atoms with Gasteiger partial charge in [0.15, 0.2) is 0 Å². The minimum atomic E-state index is -0.741. The van der Waals surface area contributed by atoms with Crippen LogP contribution in [0.2, 0.25) is 0 Å². The van der Waals surface area contributed by atoms with Crippen LogP contribution in [0.3, 0.4) is 0 Å². The topological polar surface area (TPSA) is 57.9 Å². The number of carbonyl (C=O) groups excluding carboxylic acids is 2. The monoisotopic (exact) mass is 227 g/mol. The molecule has 0 aromatic heterocycles. The van der Waals surface area contributed by atoms with E-state index in [1.165, 1.54) is 18.2 Å². The zero-order valence-electron chi connectivity index (χ0n) is 6.75. The van der Waals surface area contributed by atoms with Gasteiger partial charge in [-0.05, 0) is 41.4 Å². The number of nitriles is 1. The molecule has 1 aromatic rings. The van der Waals surface area contributed by atoms with Gasteiger partial charge in [-0.3, -0.25) is 9.59 Å². The summed E-state index contributed by atoms with van der Waals surface area (Å²) in [5.41, 5.74) is 0.261. The zero-order chi connectivity index (χ0) is 10.7. The second-order valence-electron chi connectivity index (χ2n) is 2.42. The summed E-state index contributed by atoms with van der Waals surface area (Å²) in [6, 6.07) is 5.62. The van der Waals surface area contributed by atoms with Crippen LogP contribution in [0.5, 0.6) is 0 Å². The number of benzene rings is 1. The SMILES string of the molecule is N#Cc1cc(C(=O)Cl)ccc1C(=O)Cl. The Kier molecular flexibility index (Phi) is 3.23. The minimum absolute atomic E-state index is 0.0384. The molecule has 0 unspecified atom stereocenters. The number of rotatable bonds is 2. The van der Waals surface area contributed by atoms with Crippen molar-refractivity contribution in [2.45, 2.75) is 0 Å². The molecule has 1 rings (SSSR count). The molecule has 0 spiro atoms. The first-order chi connectivity index (χ1) is 6.56. The summed E-state index contributed by atoms with van der Waals surface area (Å²) in [6.45, 7) is 0. The molecule has 0 N–H and O–H groups in total. The highest BCUT2D eigenvalue weighted by Crippen LogP contribution is 2.14. The lowest BCUT2D eigenvalue weighted by Crippen LogP contribution is -1.97. The highest BCUT2D eigenvalue weighted by molar-refractivity contribution is 6.68. The Morgan fingerprint density at radius 2 is 1.86 bits per heavy atom. The molecular formula is C9H3Cl2NO2. The Labute approximate surface area is 89.8 Å². The molecule has 0 aliphatic heterocycles. The van der Waals surface area contributed by atoms with Crippen molar-refractivity contribution < 1.29 is 9.59 Å². The smallest absolute Gasteiger partial charge is 0.253 e. The maximum absolute atomic E-state index is 10.8. The van der Waals surface area contributed by atoms with Gasteiger partial charge in [0, 0.05) is 5.56 Å². The highest BCUT2D eigenvalue weighted by atomic mass is 35.5. The minimum Gasteiger partial charge on any atom is -0.276 e. The van der Waals surface area contributed by atoms with Gasteiger partial charge in [-0.1, -0.05) is 0 Å². The molecule has 0 aliphatic carbocycles. The van der Waals surface area contributed by atoms with E-state index in [0.717, 1.165) is 0 Å². The van der Waals surface area contributed by atoms with Gasteiger partial charge in [0.1, 0.15) is 0 Å². The predicted octanol–water partition coefficient (Wildman–Crippen LogP) is 2.32. The van der Waals surface area contributed by atoms with Gasteiger partial charge in [0.05, 0.1) is 17.2 Å². The first kappa shape index (κ1) is 10.7. The molecule has 1 aromatic carbocycles. The van der Waals surface area contributed by atoms with Crippen molar-refractivity contribution >= 4 is 33.7 Å². The van der Waals surface area contributed by atoms with Gasteiger partial charge in [0.25, 0.3) is 10.5 Å². The Bertz CT molecular complexity index is 449. The van der Waals surface area contributed by atoms with Crippen molar-refractivity contribution in [2.24, 2.45) is 0 Å². The van der Waals surface area contributed by atoms with Gasteiger partial charge in [0.2, 0.25) is 0 Å². The molecule has 0 atom stereocenters. The van der Waals surface area contributed by atoms with E-state index < -0.39 is 10.5 Å². The largest absolute Gasteiger partial charge is 0.276 e. The summed E-state index contributed by atoms with van der Waals surface area (Å²) in [5, 5.41) is 7.23. The molecule has 0 radical (unpaired) electrons. The van der Waals surface area contributed by atoms with Gasteiger partial charge in [-0.15, -0.1) is 0 Å². The molecule has 3 nitrogen and oxygen atoms in total. The van der Waals surface area contributed by atoms with Crippen LogP contribution in [-0.2, 0) is 0 Å².